The first-order valence-corrected chi connectivity index (χ1v) is 11.0. The molecule has 1 aliphatic heterocycles. The third-order valence-electron chi connectivity index (χ3n) is 5.70. The van der Waals surface area contributed by atoms with Gasteiger partial charge in [-0.15, -0.1) is 10.2 Å². The van der Waals surface area contributed by atoms with E-state index in [1.165, 1.54) is 11.1 Å². The van der Waals surface area contributed by atoms with Gasteiger partial charge in [0.05, 0.1) is 17.3 Å². The number of aryl methyl sites for hydroxylation is 2. The van der Waals surface area contributed by atoms with Crippen LogP contribution in [-0.2, 0) is 4.79 Å². The minimum absolute atomic E-state index is 0.0475. The lowest BCUT2D eigenvalue weighted by molar-refractivity contribution is -0.120. The summed E-state index contributed by atoms with van der Waals surface area (Å²) in [7, 11) is 0. The zero-order valence-corrected chi connectivity index (χ0v) is 18.8. The van der Waals surface area contributed by atoms with Crippen LogP contribution < -0.4 is 10.2 Å². The van der Waals surface area contributed by atoms with E-state index in [1.807, 2.05) is 36.4 Å². The molecule has 3 aromatic rings. The summed E-state index contributed by atoms with van der Waals surface area (Å²) in [5.41, 5.74) is 5.25. The monoisotopic (exact) mass is 464 g/mol. The molecule has 1 fully saturated rings. The molecule has 2 aromatic carbocycles. The maximum Gasteiger partial charge on any atom is 0.229 e. The van der Waals surface area contributed by atoms with Gasteiger partial charge in [-0.05, 0) is 84.1 Å². The first-order chi connectivity index (χ1) is 14.5. The Kier molecular flexibility index (Phi) is 6.13. The van der Waals surface area contributed by atoms with E-state index in [0.717, 1.165) is 46.6 Å². The van der Waals surface area contributed by atoms with E-state index in [-0.39, 0.29) is 11.8 Å². The van der Waals surface area contributed by atoms with Gasteiger partial charge in [0, 0.05) is 23.1 Å². The molecule has 0 aliphatic carbocycles. The number of hydrogen-bond acceptors (Lipinski definition) is 4. The highest BCUT2D eigenvalue weighted by atomic mass is 79.9. The smallest absolute Gasteiger partial charge is 0.229 e. The highest BCUT2D eigenvalue weighted by molar-refractivity contribution is 9.10. The van der Waals surface area contributed by atoms with Gasteiger partial charge >= 0.3 is 0 Å². The summed E-state index contributed by atoms with van der Waals surface area (Å²) in [5.74, 6) is 0.791. The van der Waals surface area contributed by atoms with Crippen molar-refractivity contribution in [3.05, 3.63) is 70.2 Å². The molecule has 1 atom stereocenters. The fraction of sp³-hybridized carbons (Fsp3) is 0.292. The van der Waals surface area contributed by atoms with Crippen molar-refractivity contribution in [3.63, 3.8) is 0 Å². The zero-order chi connectivity index (χ0) is 21.1. The number of para-hydroxylation sites is 1. The average Bonchev–Trinajstić information content (AvgIpc) is 2.77. The van der Waals surface area contributed by atoms with Crippen LogP contribution in [-0.4, -0.2) is 29.2 Å². The van der Waals surface area contributed by atoms with Crippen LogP contribution in [0.1, 0.15) is 24.0 Å². The van der Waals surface area contributed by atoms with Crippen molar-refractivity contribution >= 4 is 33.3 Å². The highest BCUT2D eigenvalue weighted by Crippen LogP contribution is 2.27. The molecule has 2 heterocycles. The summed E-state index contributed by atoms with van der Waals surface area (Å²) in [4.78, 5) is 15.0. The molecule has 30 heavy (non-hydrogen) atoms. The van der Waals surface area contributed by atoms with Crippen molar-refractivity contribution in [1.29, 1.82) is 0 Å². The number of piperidine rings is 1. The molecule has 1 saturated heterocycles. The first-order valence-electron chi connectivity index (χ1n) is 10.2. The Morgan fingerprint density at radius 3 is 2.63 bits per heavy atom. The van der Waals surface area contributed by atoms with Gasteiger partial charge in [0.15, 0.2) is 5.82 Å². The zero-order valence-electron chi connectivity index (χ0n) is 17.2. The summed E-state index contributed by atoms with van der Waals surface area (Å²) in [5, 5.41) is 11.9. The van der Waals surface area contributed by atoms with E-state index >= 15 is 0 Å². The number of carbonyl (C=O) groups excluding carboxylic acids is 1. The van der Waals surface area contributed by atoms with Crippen LogP contribution in [0.5, 0.6) is 0 Å². The summed E-state index contributed by atoms with van der Waals surface area (Å²) in [6, 6.07) is 18.0. The molecule has 0 unspecified atom stereocenters. The van der Waals surface area contributed by atoms with Crippen molar-refractivity contribution in [3.8, 4) is 11.3 Å². The number of nitrogens with zero attached hydrogens (tertiary/aromatic N) is 3. The Balaban J connectivity index is 1.44. The van der Waals surface area contributed by atoms with Crippen LogP contribution in [0.25, 0.3) is 11.3 Å². The number of amides is 1. The minimum Gasteiger partial charge on any atom is -0.354 e. The van der Waals surface area contributed by atoms with E-state index in [4.69, 9.17) is 0 Å². The molecular weight excluding hydrogens is 440 g/mol. The quantitative estimate of drug-likeness (QED) is 0.562. The number of aromatic nitrogens is 2. The summed E-state index contributed by atoms with van der Waals surface area (Å²) >= 11 is 3.49. The lowest BCUT2D eigenvalue weighted by Gasteiger charge is -2.32. The maximum atomic E-state index is 12.8. The predicted octanol–water partition coefficient (Wildman–Crippen LogP) is 5.38. The van der Waals surface area contributed by atoms with E-state index in [0.29, 0.717) is 6.54 Å². The van der Waals surface area contributed by atoms with Gasteiger partial charge in [-0.3, -0.25) is 4.79 Å². The Bertz CT molecular complexity index is 1050. The summed E-state index contributed by atoms with van der Waals surface area (Å²) < 4.78 is 0.888. The molecule has 6 heteroatoms. The Morgan fingerprint density at radius 2 is 1.90 bits per heavy atom. The van der Waals surface area contributed by atoms with Gasteiger partial charge in [0.2, 0.25) is 5.91 Å². The SMILES string of the molecule is Cc1ccc(-c2ccc(N3CCC[C@@H](C(=O)Nc4ccccc4Br)C3)nn2)cc1C. The van der Waals surface area contributed by atoms with Crippen LogP contribution in [0, 0.1) is 19.8 Å². The fourth-order valence-corrected chi connectivity index (χ4v) is 4.13. The Hall–Kier alpha value is -2.73. The second-order valence-corrected chi connectivity index (χ2v) is 8.68. The number of halogens is 1. The third-order valence-corrected chi connectivity index (χ3v) is 6.39. The molecule has 1 aromatic heterocycles. The van der Waals surface area contributed by atoms with Crippen molar-refractivity contribution in [1.82, 2.24) is 10.2 Å². The van der Waals surface area contributed by atoms with Crippen molar-refractivity contribution in [2.24, 2.45) is 5.92 Å². The molecule has 154 valence electrons. The van der Waals surface area contributed by atoms with Gasteiger partial charge < -0.3 is 10.2 Å². The molecule has 1 N–H and O–H groups in total. The average molecular weight is 465 g/mol. The number of benzene rings is 2. The number of anilines is 2. The third kappa shape index (κ3) is 4.54. The molecule has 0 spiro atoms. The van der Waals surface area contributed by atoms with Crippen LogP contribution >= 0.6 is 15.9 Å². The van der Waals surface area contributed by atoms with Gasteiger partial charge in [0.1, 0.15) is 0 Å². The number of carbonyl (C=O) groups is 1. The van der Waals surface area contributed by atoms with E-state index < -0.39 is 0 Å². The van der Waals surface area contributed by atoms with Crippen molar-refractivity contribution in [2.75, 3.05) is 23.3 Å². The molecule has 5 nitrogen and oxygen atoms in total. The van der Waals surface area contributed by atoms with E-state index in [2.05, 4.69) is 68.4 Å². The summed E-state index contributed by atoms with van der Waals surface area (Å²) in [6.07, 6.45) is 1.83. The van der Waals surface area contributed by atoms with Gasteiger partial charge in [-0.1, -0.05) is 24.3 Å². The molecule has 0 radical (unpaired) electrons. The van der Waals surface area contributed by atoms with Crippen LogP contribution in [0.15, 0.2) is 59.1 Å². The lowest BCUT2D eigenvalue weighted by Crippen LogP contribution is -2.41. The second kappa shape index (κ2) is 8.96. The normalized spacial score (nSPS) is 16.4. The summed E-state index contributed by atoms with van der Waals surface area (Å²) in [6.45, 7) is 5.74. The van der Waals surface area contributed by atoms with Gasteiger partial charge in [-0.25, -0.2) is 0 Å². The van der Waals surface area contributed by atoms with E-state index in [1.54, 1.807) is 0 Å². The predicted molar refractivity (Wildman–Crippen MR) is 125 cm³/mol. The van der Waals surface area contributed by atoms with Crippen molar-refractivity contribution < 1.29 is 4.79 Å². The number of hydrogen-bond donors (Lipinski definition) is 1. The fourth-order valence-electron chi connectivity index (χ4n) is 3.75. The molecular formula is C24H25BrN4O. The Morgan fingerprint density at radius 1 is 1.07 bits per heavy atom. The van der Waals surface area contributed by atoms with Gasteiger partial charge in [-0.2, -0.15) is 0 Å². The van der Waals surface area contributed by atoms with Crippen molar-refractivity contribution in [2.45, 2.75) is 26.7 Å². The minimum atomic E-state index is -0.0768. The molecule has 4 rings (SSSR count). The standard InChI is InChI=1S/C24H25BrN4O/c1-16-9-10-18(14-17(16)2)21-11-12-23(28-27-21)29-13-5-6-19(15-29)24(30)26-22-8-4-3-7-20(22)25/h3-4,7-12,14,19H,5-6,13,15H2,1-2H3,(H,26,30)/t19-/m1/s1. The number of rotatable bonds is 4. The van der Waals surface area contributed by atoms with Crippen LogP contribution in [0.4, 0.5) is 11.5 Å². The first kappa shape index (κ1) is 20.5. The maximum absolute atomic E-state index is 12.8. The van der Waals surface area contributed by atoms with Crippen LogP contribution in [0.3, 0.4) is 0 Å². The lowest BCUT2D eigenvalue weighted by atomic mass is 9.97. The highest BCUT2D eigenvalue weighted by Gasteiger charge is 2.27. The van der Waals surface area contributed by atoms with Gasteiger partial charge in [0.25, 0.3) is 0 Å². The Labute approximate surface area is 185 Å². The molecule has 0 bridgehead atoms. The number of nitrogens with one attached hydrogen (secondary N) is 1. The molecule has 1 aliphatic rings. The largest absolute Gasteiger partial charge is 0.354 e. The van der Waals surface area contributed by atoms with Crippen LogP contribution in [0.2, 0.25) is 0 Å². The molecule has 0 saturated carbocycles. The van der Waals surface area contributed by atoms with E-state index in [9.17, 15) is 4.79 Å². The molecule has 1 amide bonds. The topological polar surface area (TPSA) is 58.1 Å². The second-order valence-electron chi connectivity index (χ2n) is 7.83.